The predicted molar refractivity (Wildman–Crippen MR) is 111 cm³/mol. The molecule has 0 aliphatic carbocycles. The lowest BCUT2D eigenvalue weighted by molar-refractivity contribution is -0.116. The molecule has 8 nitrogen and oxygen atoms in total. The molecule has 9 heteroatoms. The van der Waals surface area contributed by atoms with E-state index in [9.17, 15) is 14.4 Å². The Labute approximate surface area is 171 Å². The van der Waals surface area contributed by atoms with Crippen LogP contribution in [0.25, 0.3) is 11.0 Å². The summed E-state index contributed by atoms with van der Waals surface area (Å²) in [7, 11) is 1.29. The van der Waals surface area contributed by atoms with Gasteiger partial charge in [-0.1, -0.05) is 26.0 Å². The first kappa shape index (κ1) is 20.7. The van der Waals surface area contributed by atoms with E-state index >= 15 is 0 Å². The number of rotatable bonds is 6. The van der Waals surface area contributed by atoms with Gasteiger partial charge in [0.2, 0.25) is 5.91 Å². The van der Waals surface area contributed by atoms with E-state index in [1.54, 1.807) is 25.1 Å². The van der Waals surface area contributed by atoms with E-state index in [1.807, 2.05) is 19.9 Å². The van der Waals surface area contributed by atoms with Crippen molar-refractivity contribution in [1.82, 2.24) is 14.5 Å². The molecule has 0 fully saturated rings. The monoisotopic (exact) mass is 414 g/mol. The summed E-state index contributed by atoms with van der Waals surface area (Å²) in [6, 6.07) is 7.15. The maximum absolute atomic E-state index is 12.6. The summed E-state index contributed by atoms with van der Waals surface area (Å²) in [6.45, 7) is 5.49. The molecule has 1 N–H and O–H groups in total. The standard InChI is InChI=1S/C20H22N4O4S/c1-11(2)9-15-17(19(27)28-4)23-20(29-15)22-16(25)10-24-14-8-6-5-7-13(14)21-12(3)18(24)26/h5-8,11H,9-10H2,1-4H3,(H,22,23,25). The Hall–Kier alpha value is -3.07. The maximum atomic E-state index is 12.6. The highest BCUT2D eigenvalue weighted by molar-refractivity contribution is 7.16. The topological polar surface area (TPSA) is 103 Å². The second kappa shape index (κ2) is 8.52. The molecular formula is C20H22N4O4S. The molecule has 1 amide bonds. The number of ether oxygens (including phenoxy) is 1. The van der Waals surface area contributed by atoms with E-state index in [0.29, 0.717) is 34.2 Å². The highest BCUT2D eigenvalue weighted by atomic mass is 32.1. The molecule has 0 aliphatic heterocycles. The van der Waals surface area contributed by atoms with E-state index in [1.165, 1.54) is 23.0 Å². The Balaban J connectivity index is 1.88. The van der Waals surface area contributed by atoms with E-state index in [2.05, 4.69) is 15.3 Å². The largest absolute Gasteiger partial charge is 0.464 e. The van der Waals surface area contributed by atoms with Crippen molar-refractivity contribution in [3.8, 4) is 0 Å². The molecule has 3 aromatic rings. The number of carbonyl (C=O) groups is 2. The zero-order valence-electron chi connectivity index (χ0n) is 16.7. The smallest absolute Gasteiger partial charge is 0.357 e. The van der Waals surface area contributed by atoms with E-state index in [4.69, 9.17) is 4.74 Å². The van der Waals surface area contributed by atoms with E-state index in [-0.39, 0.29) is 17.8 Å². The highest BCUT2D eigenvalue weighted by Gasteiger charge is 2.21. The summed E-state index contributed by atoms with van der Waals surface area (Å²) in [5, 5.41) is 3.00. The zero-order valence-corrected chi connectivity index (χ0v) is 17.5. The molecule has 0 atom stereocenters. The first-order valence-corrected chi connectivity index (χ1v) is 9.95. The average Bonchev–Trinajstić information content (AvgIpc) is 3.06. The fourth-order valence-corrected chi connectivity index (χ4v) is 4.13. The molecule has 0 unspecified atom stereocenters. The summed E-state index contributed by atoms with van der Waals surface area (Å²) in [5.41, 5.74) is 1.42. The Morgan fingerprint density at radius 1 is 1.24 bits per heavy atom. The normalized spacial score (nSPS) is 11.1. The lowest BCUT2D eigenvalue weighted by atomic mass is 10.1. The summed E-state index contributed by atoms with van der Waals surface area (Å²) in [5.74, 6) is -0.638. The van der Waals surface area contributed by atoms with Gasteiger partial charge in [-0.2, -0.15) is 0 Å². The molecular weight excluding hydrogens is 392 g/mol. The van der Waals surface area contributed by atoms with Gasteiger partial charge in [0.05, 0.1) is 18.1 Å². The van der Waals surface area contributed by atoms with E-state index < -0.39 is 11.9 Å². The number of fused-ring (bicyclic) bond motifs is 1. The van der Waals surface area contributed by atoms with Gasteiger partial charge in [0.25, 0.3) is 5.56 Å². The van der Waals surface area contributed by atoms with Gasteiger partial charge < -0.3 is 10.1 Å². The average molecular weight is 414 g/mol. The van der Waals surface area contributed by atoms with Crippen molar-refractivity contribution >= 4 is 39.4 Å². The third-order valence-electron chi connectivity index (χ3n) is 4.23. The minimum Gasteiger partial charge on any atom is -0.464 e. The number of benzene rings is 1. The first-order valence-electron chi connectivity index (χ1n) is 9.14. The van der Waals surface area contributed by atoms with Gasteiger partial charge in [-0.15, -0.1) is 11.3 Å². The number of aryl methyl sites for hydroxylation is 1. The molecule has 0 saturated carbocycles. The van der Waals surface area contributed by atoms with Crippen LogP contribution in [0.5, 0.6) is 0 Å². The Morgan fingerprint density at radius 2 is 1.97 bits per heavy atom. The third kappa shape index (κ3) is 4.51. The van der Waals surface area contributed by atoms with Crippen LogP contribution in [0.1, 0.15) is 34.9 Å². The van der Waals surface area contributed by atoms with E-state index in [0.717, 1.165) is 4.88 Å². The van der Waals surface area contributed by atoms with Gasteiger partial charge in [0.1, 0.15) is 12.2 Å². The van der Waals surface area contributed by atoms with Crippen molar-refractivity contribution in [1.29, 1.82) is 0 Å². The van der Waals surface area contributed by atoms with Crippen LogP contribution in [0.2, 0.25) is 0 Å². The van der Waals surface area contributed by atoms with Gasteiger partial charge in [-0.25, -0.2) is 14.8 Å². The van der Waals surface area contributed by atoms with Crippen LogP contribution in [0.15, 0.2) is 29.1 Å². The highest BCUT2D eigenvalue weighted by Crippen LogP contribution is 2.26. The first-order chi connectivity index (χ1) is 13.8. The zero-order chi connectivity index (χ0) is 21.1. The van der Waals surface area contributed by atoms with Crippen LogP contribution in [0.4, 0.5) is 5.13 Å². The summed E-state index contributed by atoms with van der Waals surface area (Å²) < 4.78 is 6.18. The molecule has 152 valence electrons. The van der Waals surface area contributed by atoms with Gasteiger partial charge in [0.15, 0.2) is 10.8 Å². The van der Waals surface area contributed by atoms with Gasteiger partial charge >= 0.3 is 5.97 Å². The summed E-state index contributed by atoms with van der Waals surface area (Å²) in [4.78, 5) is 46.4. The van der Waals surface area contributed by atoms with Crippen LogP contribution < -0.4 is 10.9 Å². The Kier molecular flexibility index (Phi) is 6.07. The quantitative estimate of drug-likeness (QED) is 0.622. The lowest BCUT2D eigenvalue weighted by Gasteiger charge is -2.10. The van der Waals surface area contributed by atoms with Gasteiger partial charge in [0, 0.05) is 4.88 Å². The number of amides is 1. The predicted octanol–water partition coefficient (Wildman–Crippen LogP) is 2.79. The molecule has 0 aliphatic rings. The molecule has 29 heavy (non-hydrogen) atoms. The molecule has 2 aromatic heterocycles. The molecule has 0 bridgehead atoms. The summed E-state index contributed by atoms with van der Waals surface area (Å²) in [6.07, 6.45) is 0.644. The minimum atomic E-state index is -0.538. The molecule has 1 aromatic carbocycles. The fraction of sp³-hybridized carbons (Fsp3) is 0.350. The van der Waals surface area contributed by atoms with Crippen LogP contribution in [0.3, 0.4) is 0 Å². The summed E-state index contributed by atoms with van der Waals surface area (Å²) >= 11 is 1.24. The van der Waals surface area contributed by atoms with Crippen molar-refractivity contribution in [3.05, 3.63) is 50.9 Å². The number of aromatic nitrogens is 3. The fourth-order valence-electron chi connectivity index (χ4n) is 2.95. The number of carbonyl (C=O) groups excluding carboxylic acids is 2. The lowest BCUT2D eigenvalue weighted by Crippen LogP contribution is -2.30. The second-order valence-corrected chi connectivity index (χ2v) is 8.09. The molecule has 2 heterocycles. The maximum Gasteiger partial charge on any atom is 0.357 e. The second-order valence-electron chi connectivity index (χ2n) is 7.01. The number of hydrogen-bond acceptors (Lipinski definition) is 7. The number of nitrogens with zero attached hydrogens (tertiary/aromatic N) is 3. The molecule has 3 rings (SSSR count). The van der Waals surface area contributed by atoms with Crippen molar-refractivity contribution in [2.75, 3.05) is 12.4 Å². The number of hydrogen-bond donors (Lipinski definition) is 1. The van der Waals surface area contributed by atoms with Crippen LogP contribution >= 0.6 is 11.3 Å². The third-order valence-corrected chi connectivity index (χ3v) is 5.23. The van der Waals surface area contributed by atoms with Crippen LogP contribution in [-0.4, -0.2) is 33.5 Å². The van der Waals surface area contributed by atoms with Crippen molar-refractivity contribution in [3.63, 3.8) is 0 Å². The number of esters is 1. The molecule has 0 spiro atoms. The molecule has 0 radical (unpaired) electrons. The van der Waals surface area contributed by atoms with Crippen LogP contribution in [0, 0.1) is 12.8 Å². The van der Waals surface area contributed by atoms with Gasteiger partial charge in [-0.05, 0) is 31.4 Å². The number of anilines is 1. The van der Waals surface area contributed by atoms with Gasteiger partial charge in [-0.3, -0.25) is 14.2 Å². The Morgan fingerprint density at radius 3 is 2.66 bits per heavy atom. The number of methoxy groups -OCH3 is 1. The van der Waals surface area contributed by atoms with Crippen LogP contribution in [-0.2, 0) is 22.5 Å². The number of thiazole rings is 1. The minimum absolute atomic E-state index is 0.185. The molecule has 0 saturated heterocycles. The van der Waals surface area contributed by atoms with Crippen molar-refractivity contribution in [2.24, 2.45) is 5.92 Å². The van der Waals surface area contributed by atoms with Crippen molar-refractivity contribution in [2.45, 2.75) is 33.7 Å². The Bertz CT molecular complexity index is 1130. The SMILES string of the molecule is COC(=O)c1nc(NC(=O)Cn2c(=O)c(C)nc3ccccc32)sc1CC(C)C. The van der Waals surface area contributed by atoms with Crippen molar-refractivity contribution < 1.29 is 14.3 Å². The number of nitrogens with one attached hydrogen (secondary N) is 1. The number of para-hydroxylation sites is 2.